The largest absolute Gasteiger partial charge is 0.497 e. The molecule has 0 spiro atoms. The van der Waals surface area contributed by atoms with Gasteiger partial charge in [-0.15, -0.1) is 0 Å². The summed E-state index contributed by atoms with van der Waals surface area (Å²) in [6, 6.07) is 6.91. The minimum atomic E-state index is -0.284. The number of benzene rings is 1. The van der Waals surface area contributed by atoms with E-state index < -0.39 is 0 Å². The molecule has 0 amide bonds. The molecule has 0 aromatic heterocycles. The monoisotopic (exact) mass is 251 g/mol. The molecule has 0 fully saturated rings. The maximum absolute atomic E-state index is 11.6. The third kappa shape index (κ3) is 5.19. The smallest absolute Gasteiger partial charge is 0.338 e. The van der Waals surface area contributed by atoms with Gasteiger partial charge < -0.3 is 14.8 Å². The molecule has 1 N–H and O–H groups in total. The van der Waals surface area contributed by atoms with Crippen molar-refractivity contribution in [2.24, 2.45) is 0 Å². The Morgan fingerprint density at radius 1 is 1.22 bits per heavy atom. The van der Waals surface area contributed by atoms with Crippen molar-refractivity contribution in [3.8, 4) is 5.75 Å². The summed E-state index contributed by atoms with van der Waals surface area (Å²) < 4.78 is 10.2. The first-order valence-corrected chi connectivity index (χ1v) is 6.29. The minimum Gasteiger partial charge on any atom is -0.497 e. The van der Waals surface area contributed by atoms with Crippen LogP contribution in [-0.4, -0.2) is 32.8 Å². The van der Waals surface area contributed by atoms with Crippen LogP contribution in [-0.2, 0) is 4.74 Å². The van der Waals surface area contributed by atoms with Gasteiger partial charge in [0.15, 0.2) is 0 Å². The average Bonchev–Trinajstić information content (AvgIpc) is 2.42. The molecule has 4 nitrogen and oxygen atoms in total. The van der Waals surface area contributed by atoms with E-state index in [9.17, 15) is 4.79 Å². The lowest BCUT2D eigenvalue weighted by Crippen LogP contribution is -2.18. The number of carbonyl (C=O) groups excluding carboxylic acids is 1. The molecule has 0 heterocycles. The summed E-state index contributed by atoms with van der Waals surface area (Å²) in [6.45, 7) is 4.45. The highest BCUT2D eigenvalue weighted by molar-refractivity contribution is 5.89. The lowest BCUT2D eigenvalue weighted by molar-refractivity contribution is 0.0500. The molecule has 0 saturated heterocycles. The summed E-state index contributed by atoms with van der Waals surface area (Å²) in [5, 5.41) is 3.26. The topological polar surface area (TPSA) is 47.6 Å². The maximum atomic E-state index is 11.6. The number of carbonyl (C=O) groups is 1. The lowest BCUT2D eigenvalue weighted by atomic mass is 10.2. The van der Waals surface area contributed by atoms with Gasteiger partial charge >= 0.3 is 5.97 Å². The van der Waals surface area contributed by atoms with Gasteiger partial charge in [-0.3, -0.25) is 0 Å². The summed E-state index contributed by atoms with van der Waals surface area (Å²) >= 11 is 0. The van der Waals surface area contributed by atoms with E-state index >= 15 is 0 Å². The van der Waals surface area contributed by atoms with Crippen molar-refractivity contribution >= 4 is 5.97 Å². The van der Waals surface area contributed by atoms with E-state index in [-0.39, 0.29) is 5.97 Å². The summed E-state index contributed by atoms with van der Waals surface area (Å²) in [4.78, 5) is 11.6. The van der Waals surface area contributed by atoms with E-state index in [4.69, 9.17) is 9.47 Å². The van der Waals surface area contributed by atoms with E-state index in [0.29, 0.717) is 12.2 Å². The van der Waals surface area contributed by atoms with E-state index in [2.05, 4.69) is 12.2 Å². The number of ether oxygens (including phenoxy) is 2. The molecule has 0 bridgehead atoms. The first kappa shape index (κ1) is 14.5. The highest BCUT2D eigenvalue weighted by atomic mass is 16.5. The zero-order valence-electron chi connectivity index (χ0n) is 11.1. The third-order valence-electron chi connectivity index (χ3n) is 2.48. The number of hydrogen-bond donors (Lipinski definition) is 1. The fourth-order valence-electron chi connectivity index (χ4n) is 1.47. The molecule has 0 aliphatic rings. The van der Waals surface area contributed by atoms with Crippen molar-refractivity contribution in [1.29, 1.82) is 0 Å². The predicted octanol–water partition coefficient (Wildman–Crippen LogP) is 2.24. The van der Waals surface area contributed by atoms with Crippen molar-refractivity contribution in [2.75, 3.05) is 26.8 Å². The highest BCUT2D eigenvalue weighted by Gasteiger charge is 2.06. The Morgan fingerprint density at radius 2 is 1.94 bits per heavy atom. The Hall–Kier alpha value is -1.55. The van der Waals surface area contributed by atoms with Gasteiger partial charge in [0.25, 0.3) is 0 Å². The SMILES string of the molecule is CCCNCCCOC(=O)c1ccc(OC)cc1. The van der Waals surface area contributed by atoms with Gasteiger partial charge in [-0.05, 0) is 50.2 Å². The van der Waals surface area contributed by atoms with Crippen molar-refractivity contribution in [2.45, 2.75) is 19.8 Å². The summed E-state index contributed by atoms with van der Waals surface area (Å²) in [5.74, 6) is 0.448. The molecule has 0 aliphatic heterocycles. The van der Waals surface area contributed by atoms with Crippen molar-refractivity contribution in [1.82, 2.24) is 5.32 Å². The van der Waals surface area contributed by atoms with Gasteiger partial charge in [-0.25, -0.2) is 4.79 Å². The van der Waals surface area contributed by atoms with Crippen LogP contribution in [0.2, 0.25) is 0 Å². The summed E-state index contributed by atoms with van der Waals surface area (Å²) in [7, 11) is 1.59. The van der Waals surface area contributed by atoms with Crippen LogP contribution in [0.15, 0.2) is 24.3 Å². The molecule has 1 aromatic carbocycles. The Bertz CT molecular complexity index is 349. The van der Waals surface area contributed by atoms with E-state index in [0.717, 1.165) is 31.7 Å². The quantitative estimate of drug-likeness (QED) is 0.568. The van der Waals surface area contributed by atoms with Crippen LogP contribution in [0.25, 0.3) is 0 Å². The van der Waals surface area contributed by atoms with Gasteiger partial charge in [-0.2, -0.15) is 0 Å². The zero-order chi connectivity index (χ0) is 13.2. The molecule has 1 aromatic rings. The van der Waals surface area contributed by atoms with E-state index in [1.54, 1.807) is 31.4 Å². The van der Waals surface area contributed by atoms with Crippen LogP contribution in [0.4, 0.5) is 0 Å². The molecule has 0 radical (unpaired) electrons. The Kier molecular flexibility index (Phi) is 6.87. The molecule has 18 heavy (non-hydrogen) atoms. The molecular weight excluding hydrogens is 230 g/mol. The standard InChI is InChI=1S/C14H21NO3/c1-3-9-15-10-4-11-18-14(16)12-5-7-13(17-2)8-6-12/h5-8,15H,3-4,9-11H2,1-2H3. The Balaban J connectivity index is 2.23. The Morgan fingerprint density at radius 3 is 2.56 bits per heavy atom. The normalized spacial score (nSPS) is 10.1. The minimum absolute atomic E-state index is 0.284. The van der Waals surface area contributed by atoms with Crippen LogP contribution >= 0.6 is 0 Å². The summed E-state index contributed by atoms with van der Waals surface area (Å²) in [6.07, 6.45) is 1.95. The number of methoxy groups -OCH3 is 1. The number of esters is 1. The van der Waals surface area contributed by atoms with Gasteiger partial charge in [0, 0.05) is 0 Å². The molecule has 0 aliphatic carbocycles. The van der Waals surface area contributed by atoms with Crippen molar-refractivity contribution < 1.29 is 14.3 Å². The first-order chi connectivity index (χ1) is 8.77. The Labute approximate surface area is 108 Å². The second-order valence-electron chi connectivity index (χ2n) is 3.97. The molecular formula is C14H21NO3. The molecule has 0 atom stereocenters. The van der Waals surface area contributed by atoms with Crippen LogP contribution in [0.1, 0.15) is 30.1 Å². The van der Waals surface area contributed by atoms with Crippen LogP contribution in [0.5, 0.6) is 5.75 Å². The van der Waals surface area contributed by atoms with Gasteiger partial charge in [-0.1, -0.05) is 6.92 Å². The second kappa shape index (κ2) is 8.53. The number of nitrogens with one attached hydrogen (secondary N) is 1. The molecule has 1 rings (SSSR count). The molecule has 100 valence electrons. The number of rotatable bonds is 8. The molecule has 4 heteroatoms. The highest BCUT2D eigenvalue weighted by Crippen LogP contribution is 2.11. The fraction of sp³-hybridized carbons (Fsp3) is 0.500. The fourth-order valence-corrected chi connectivity index (χ4v) is 1.47. The van der Waals surface area contributed by atoms with Crippen molar-refractivity contribution in [3.63, 3.8) is 0 Å². The third-order valence-corrected chi connectivity index (χ3v) is 2.48. The molecule has 0 unspecified atom stereocenters. The summed E-state index contributed by atoms with van der Waals surface area (Å²) in [5.41, 5.74) is 0.553. The average molecular weight is 251 g/mol. The molecule has 0 saturated carbocycles. The predicted molar refractivity (Wildman–Crippen MR) is 71.1 cm³/mol. The lowest BCUT2D eigenvalue weighted by Gasteiger charge is -2.06. The van der Waals surface area contributed by atoms with E-state index in [1.165, 1.54) is 0 Å². The first-order valence-electron chi connectivity index (χ1n) is 6.29. The zero-order valence-corrected chi connectivity index (χ0v) is 11.1. The van der Waals surface area contributed by atoms with Gasteiger partial charge in [0.2, 0.25) is 0 Å². The van der Waals surface area contributed by atoms with Crippen LogP contribution in [0, 0.1) is 0 Å². The van der Waals surface area contributed by atoms with E-state index in [1.807, 2.05) is 0 Å². The second-order valence-corrected chi connectivity index (χ2v) is 3.97. The van der Waals surface area contributed by atoms with Crippen molar-refractivity contribution in [3.05, 3.63) is 29.8 Å². The van der Waals surface area contributed by atoms with Crippen LogP contribution in [0.3, 0.4) is 0 Å². The van der Waals surface area contributed by atoms with Gasteiger partial charge in [0.1, 0.15) is 5.75 Å². The van der Waals surface area contributed by atoms with Gasteiger partial charge in [0.05, 0.1) is 19.3 Å². The number of hydrogen-bond acceptors (Lipinski definition) is 4. The van der Waals surface area contributed by atoms with Crippen LogP contribution < -0.4 is 10.1 Å². The maximum Gasteiger partial charge on any atom is 0.338 e.